The Morgan fingerprint density at radius 1 is 1.22 bits per heavy atom. The van der Waals surface area contributed by atoms with E-state index in [4.69, 9.17) is 0 Å². The van der Waals surface area contributed by atoms with Crippen LogP contribution in [0.5, 0.6) is 0 Å². The Morgan fingerprint density at radius 3 is 2.52 bits per heavy atom. The zero-order valence-electron chi connectivity index (χ0n) is 12.9. The SMILES string of the molecule is C/C(=N\NC(=O)Cc1ccc([N+](=O)[O-])cc1)c1cccc(C)c1. The summed E-state index contributed by atoms with van der Waals surface area (Å²) in [6, 6.07) is 13.7. The molecule has 1 amide bonds. The van der Waals surface area contributed by atoms with Crippen molar-refractivity contribution in [3.63, 3.8) is 0 Å². The van der Waals surface area contributed by atoms with Gasteiger partial charge in [0.05, 0.1) is 17.1 Å². The Balaban J connectivity index is 1.96. The first-order chi connectivity index (χ1) is 11.0. The van der Waals surface area contributed by atoms with Crippen LogP contribution in [0.2, 0.25) is 0 Å². The predicted octanol–water partition coefficient (Wildman–Crippen LogP) is 2.99. The van der Waals surface area contributed by atoms with Gasteiger partial charge < -0.3 is 0 Å². The fraction of sp³-hybridized carbons (Fsp3) is 0.176. The topological polar surface area (TPSA) is 84.6 Å². The zero-order chi connectivity index (χ0) is 16.8. The van der Waals surface area contributed by atoms with Crippen molar-refractivity contribution in [3.05, 3.63) is 75.3 Å². The molecule has 1 N–H and O–H groups in total. The number of hydrazone groups is 1. The van der Waals surface area contributed by atoms with Crippen molar-refractivity contribution in [1.29, 1.82) is 0 Å². The van der Waals surface area contributed by atoms with E-state index in [1.54, 1.807) is 12.1 Å². The summed E-state index contributed by atoms with van der Waals surface area (Å²) in [5.74, 6) is -0.272. The number of nitro groups is 1. The van der Waals surface area contributed by atoms with Gasteiger partial charge in [0.15, 0.2) is 0 Å². The highest BCUT2D eigenvalue weighted by molar-refractivity contribution is 5.99. The average molecular weight is 311 g/mol. The summed E-state index contributed by atoms with van der Waals surface area (Å²) >= 11 is 0. The molecule has 0 heterocycles. The van der Waals surface area contributed by atoms with Gasteiger partial charge in [-0.3, -0.25) is 14.9 Å². The Bertz CT molecular complexity index is 752. The fourth-order valence-electron chi connectivity index (χ4n) is 2.04. The van der Waals surface area contributed by atoms with E-state index in [0.717, 1.165) is 11.1 Å². The van der Waals surface area contributed by atoms with Gasteiger partial charge in [-0.25, -0.2) is 5.43 Å². The highest BCUT2D eigenvalue weighted by Gasteiger charge is 2.07. The molecule has 6 nitrogen and oxygen atoms in total. The number of nitro benzene ring substituents is 1. The van der Waals surface area contributed by atoms with E-state index in [2.05, 4.69) is 10.5 Å². The number of carbonyl (C=O) groups excluding carboxylic acids is 1. The number of hydrogen-bond donors (Lipinski definition) is 1. The maximum atomic E-state index is 11.9. The van der Waals surface area contributed by atoms with Crippen LogP contribution in [0, 0.1) is 17.0 Å². The van der Waals surface area contributed by atoms with Crippen LogP contribution in [0.25, 0.3) is 0 Å². The van der Waals surface area contributed by atoms with Gasteiger partial charge in [0, 0.05) is 12.1 Å². The molecule has 0 aromatic heterocycles. The summed E-state index contributed by atoms with van der Waals surface area (Å²) in [7, 11) is 0. The smallest absolute Gasteiger partial charge is 0.269 e. The number of nitrogens with zero attached hydrogens (tertiary/aromatic N) is 2. The van der Waals surface area contributed by atoms with Gasteiger partial charge in [0.1, 0.15) is 0 Å². The Kier molecular flexibility index (Phi) is 5.19. The first-order valence-electron chi connectivity index (χ1n) is 7.09. The largest absolute Gasteiger partial charge is 0.273 e. The second-order valence-corrected chi connectivity index (χ2v) is 5.20. The molecule has 0 saturated carbocycles. The second kappa shape index (κ2) is 7.31. The van der Waals surface area contributed by atoms with Crippen molar-refractivity contribution < 1.29 is 9.72 Å². The Hall–Kier alpha value is -3.02. The summed E-state index contributed by atoms with van der Waals surface area (Å²) in [5, 5.41) is 14.7. The number of non-ortho nitro benzene ring substituents is 1. The lowest BCUT2D eigenvalue weighted by molar-refractivity contribution is -0.384. The number of nitrogens with one attached hydrogen (secondary N) is 1. The maximum Gasteiger partial charge on any atom is 0.269 e. The third kappa shape index (κ3) is 4.74. The summed E-state index contributed by atoms with van der Waals surface area (Å²) in [5.41, 5.74) is 5.97. The minimum Gasteiger partial charge on any atom is -0.273 e. The van der Waals surface area contributed by atoms with E-state index in [0.29, 0.717) is 11.3 Å². The lowest BCUT2D eigenvalue weighted by Crippen LogP contribution is -2.21. The molecule has 2 aromatic carbocycles. The van der Waals surface area contributed by atoms with Crippen molar-refractivity contribution in [2.75, 3.05) is 0 Å². The van der Waals surface area contributed by atoms with Crippen LogP contribution in [0.3, 0.4) is 0 Å². The molecule has 0 unspecified atom stereocenters. The van der Waals surface area contributed by atoms with Crippen LogP contribution in [-0.4, -0.2) is 16.5 Å². The number of rotatable bonds is 5. The molecule has 0 bridgehead atoms. The van der Waals surface area contributed by atoms with Gasteiger partial charge in [-0.05, 0) is 25.0 Å². The zero-order valence-corrected chi connectivity index (χ0v) is 12.9. The first kappa shape index (κ1) is 16.4. The molecule has 0 saturated heterocycles. The van der Waals surface area contributed by atoms with E-state index in [1.807, 2.05) is 38.1 Å². The molecule has 2 aromatic rings. The molecule has 23 heavy (non-hydrogen) atoms. The van der Waals surface area contributed by atoms with Crippen molar-refractivity contribution in [2.24, 2.45) is 5.10 Å². The monoisotopic (exact) mass is 311 g/mol. The number of amides is 1. The molecule has 0 spiro atoms. The number of benzene rings is 2. The van der Waals surface area contributed by atoms with Crippen LogP contribution in [0.15, 0.2) is 53.6 Å². The van der Waals surface area contributed by atoms with Crippen LogP contribution >= 0.6 is 0 Å². The Morgan fingerprint density at radius 2 is 1.91 bits per heavy atom. The molecular formula is C17H17N3O3. The van der Waals surface area contributed by atoms with Crippen molar-refractivity contribution in [1.82, 2.24) is 5.43 Å². The number of aryl methyl sites for hydroxylation is 1. The highest BCUT2D eigenvalue weighted by Crippen LogP contribution is 2.12. The normalized spacial score (nSPS) is 11.1. The van der Waals surface area contributed by atoms with Gasteiger partial charge >= 0.3 is 0 Å². The first-order valence-corrected chi connectivity index (χ1v) is 7.09. The molecule has 0 radical (unpaired) electrons. The molecule has 0 fully saturated rings. The van der Waals surface area contributed by atoms with Gasteiger partial charge in [-0.2, -0.15) is 5.10 Å². The summed E-state index contributed by atoms with van der Waals surface area (Å²) in [4.78, 5) is 22.0. The van der Waals surface area contributed by atoms with Crippen LogP contribution < -0.4 is 5.43 Å². The predicted molar refractivity (Wildman–Crippen MR) is 88.3 cm³/mol. The van der Waals surface area contributed by atoms with E-state index in [9.17, 15) is 14.9 Å². The van der Waals surface area contributed by atoms with Crippen molar-refractivity contribution in [3.8, 4) is 0 Å². The third-order valence-electron chi connectivity index (χ3n) is 3.30. The van der Waals surface area contributed by atoms with Gasteiger partial charge in [0.25, 0.3) is 5.69 Å². The lowest BCUT2D eigenvalue weighted by atomic mass is 10.1. The molecule has 0 aliphatic carbocycles. The molecule has 0 atom stereocenters. The highest BCUT2D eigenvalue weighted by atomic mass is 16.6. The second-order valence-electron chi connectivity index (χ2n) is 5.20. The van der Waals surface area contributed by atoms with Crippen LogP contribution in [0.4, 0.5) is 5.69 Å². The van der Waals surface area contributed by atoms with Gasteiger partial charge in [-0.1, -0.05) is 42.0 Å². The third-order valence-corrected chi connectivity index (χ3v) is 3.30. The lowest BCUT2D eigenvalue weighted by Gasteiger charge is -2.04. The molecular weight excluding hydrogens is 294 g/mol. The quantitative estimate of drug-likeness (QED) is 0.523. The summed E-state index contributed by atoms with van der Waals surface area (Å²) in [6.07, 6.45) is 0.114. The maximum absolute atomic E-state index is 11.9. The summed E-state index contributed by atoms with van der Waals surface area (Å²) in [6.45, 7) is 3.81. The molecule has 6 heteroatoms. The van der Waals surface area contributed by atoms with Crippen molar-refractivity contribution >= 4 is 17.3 Å². The van der Waals surface area contributed by atoms with E-state index >= 15 is 0 Å². The Labute approximate surface area is 134 Å². The molecule has 2 rings (SSSR count). The number of carbonyl (C=O) groups is 1. The standard InChI is InChI=1S/C17H17N3O3/c1-12-4-3-5-15(10-12)13(2)18-19-17(21)11-14-6-8-16(9-7-14)20(22)23/h3-10H,11H2,1-2H3,(H,19,21)/b18-13+. The van der Waals surface area contributed by atoms with Gasteiger partial charge in [0.2, 0.25) is 5.91 Å². The summed E-state index contributed by atoms with van der Waals surface area (Å²) < 4.78 is 0. The molecule has 0 aliphatic rings. The fourth-order valence-corrected chi connectivity index (χ4v) is 2.04. The van der Waals surface area contributed by atoms with E-state index in [-0.39, 0.29) is 18.0 Å². The number of hydrogen-bond acceptors (Lipinski definition) is 4. The minimum absolute atomic E-state index is 0.00229. The van der Waals surface area contributed by atoms with E-state index < -0.39 is 4.92 Å². The minimum atomic E-state index is -0.473. The molecule has 118 valence electrons. The average Bonchev–Trinajstić information content (AvgIpc) is 2.53. The van der Waals surface area contributed by atoms with E-state index in [1.165, 1.54) is 12.1 Å². The van der Waals surface area contributed by atoms with Crippen molar-refractivity contribution in [2.45, 2.75) is 20.3 Å². The molecule has 0 aliphatic heterocycles. The van der Waals surface area contributed by atoms with Crippen LogP contribution in [0.1, 0.15) is 23.6 Å². The van der Waals surface area contributed by atoms with Crippen LogP contribution in [-0.2, 0) is 11.2 Å². The van der Waals surface area contributed by atoms with Gasteiger partial charge in [-0.15, -0.1) is 0 Å².